The largest absolute Gasteiger partial charge is 0.496 e. The molecule has 0 saturated heterocycles. The fourth-order valence-electron chi connectivity index (χ4n) is 4.53. The highest BCUT2D eigenvalue weighted by Gasteiger charge is 2.20. The van der Waals surface area contributed by atoms with E-state index < -0.39 is 5.97 Å². The summed E-state index contributed by atoms with van der Waals surface area (Å²) in [4.78, 5) is 27.2. The lowest BCUT2D eigenvalue weighted by molar-refractivity contribution is 0.0692. The van der Waals surface area contributed by atoms with Gasteiger partial charge in [0.05, 0.1) is 14.2 Å². The van der Waals surface area contributed by atoms with Crippen molar-refractivity contribution in [3.63, 3.8) is 0 Å². The van der Waals surface area contributed by atoms with Gasteiger partial charge in [-0.3, -0.25) is 4.79 Å². The third-order valence-electron chi connectivity index (χ3n) is 6.72. The van der Waals surface area contributed by atoms with Crippen LogP contribution in [0.3, 0.4) is 0 Å². The van der Waals surface area contributed by atoms with Crippen molar-refractivity contribution >= 4 is 23.5 Å². The molecule has 0 aromatic heterocycles. The van der Waals surface area contributed by atoms with Crippen molar-refractivity contribution in [2.75, 3.05) is 20.8 Å². The number of rotatable bonds is 12. The predicted molar refractivity (Wildman–Crippen MR) is 159 cm³/mol. The topological polar surface area (TPSA) is 85.3 Å². The zero-order valence-corrected chi connectivity index (χ0v) is 24.0. The SMILES string of the molecule is COc1cc(C(=O)N(CCCc2ccccc2)Cc2ccc(Oc3ccc(Cl)cc3C(=O)O)cc2)cc(OC)c1C. The number of ether oxygens (including phenoxy) is 3. The van der Waals surface area contributed by atoms with Crippen LogP contribution in [0.5, 0.6) is 23.0 Å². The van der Waals surface area contributed by atoms with E-state index in [9.17, 15) is 14.7 Å². The lowest BCUT2D eigenvalue weighted by Gasteiger charge is -2.24. The van der Waals surface area contributed by atoms with Gasteiger partial charge >= 0.3 is 5.97 Å². The van der Waals surface area contributed by atoms with Gasteiger partial charge in [0.2, 0.25) is 0 Å². The predicted octanol–water partition coefficient (Wildman–Crippen LogP) is 7.43. The molecular weight excluding hydrogens is 542 g/mol. The summed E-state index contributed by atoms with van der Waals surface area (Å²) in [6, 6.07) is 25.3. The van der Waals surface area contributed by atoms with Crippen molar-refractivity contribution in [1.29, 1.82) is 0 Å². The van der Waals surface area contributed by atoms with Crippen molar-refractivity contribution in [1.82, 2.24) is 4.90 Å². The molecule has 0 fully saturated rings. The maximum atomic E-state index is 13.8. The Morgan fingerprint density at radius 2 is 1.49 bits per heavy atom. The Bertz CT molecular complexity index is 1480. The summed E-state index contributed by atoms with van der Waals surface area (Å²) in [7, 11) is 3.14. The molecule has 4 aromatic carbocycles. The van der Waals surface area contributed by atoms with Gasteiger partial charge < -0.3 is 24.2 Å². The Morgan fingerprint density at radius 3 is 2.10 bits per heavy atom. The average molecular weight is 574 g/mol. The lowest BCUT2D eigenvalue weighted by Crippen LogP contribution is -2.32. The maximum absolute atomic E-state index is 13.8. The first-order valence-corrected chi connectivity index (χ1v) is 13.5. The van der Waals surface area contributed by atoms with Gasteiger partial charge in [-0.05, 0) is 73.4 Å². The average Bonchev–Trinajstić information content (AvgIpc) is 2.98. The van der Waals surface area contributed by atoms with Crippen LogP contribution in [0.1, 0.15) is 43.8 Å². The second-order valence-corrected chi connectivity index (χ2v) is 9.95. The molecule has 0 atom stereocenters. The zero-order chi connectivity index (χ0) is 29.4. The molecule has 0 spiro atoms. The number of benzene rings is 4. The van der Waals surface area contributed by atoms with E-state index in [1.54, 1.807) is 44.6 Å². The van der Waals surface area contributed by atoms with Gasteiger partial charge in [-0.2, -0.15) is 0 Å². The summed E-state index contributed by atoms with van der Waals surface area (Å²) >= 11 is 5.95. The van der Waals surface area contributed by atoms with E-state index in [0.717, 1.165) is 24.0 Å². The van der Waals surface area contributed by atoms with Gasteiger partial charge in [0.25, 0.3) is 5.91 Å². The molecule has 4 rings (SSSR count). The highest BCUT2D eigenvalue weighted by Crippen LogP contribution is 2.31. The number of carbonyl (C=O) groups is 2. The fraction of sp³-hybridized carbons (Fsp3) is 0.212. The summed E-state index contributed by atoms with van der Waals surface area (Å²) < 4.78 is 16.8. The van der Waals surface area contributed by atoms with Crippen LogP contribution in [0.15, 0.2) is 84.9 Å². The minimum Gasteiger partial charge on any atom is -0.496 e. The molecule has 0 heterocycles. The quantitative estimate of drug-likeness (QED) is 0.190. The Hall–Kier alpha value is -4.49. The monoisotopic (exact) mass is 573 g/mol. The van der Waals surface area contributed by atoms with Crippen LogP contribution < -0.4 is 14.2 Å². The van der Waals surface area contributed by atoms with Crippen molar-refractivity contribution in [3.05, 3.63) is 118 Å². The number of hydrogen-bond donors (Lipinski definition) is 1. The second kappa shape index (κ2) is 13.7. The molecular formula is C33H32ClNO6. The zero-order valence-electron chi connectivity index (χ0n) is 23.2. The molecule has 8 heteroatoms. The molecule has 1 amide bonds. The number of hydrogen-bond acceptors (Lipinski definition) is 5. The van der Waals surface area contributed by atoms with Gasteiger partial charge in [0, 0.05) is 29.2 Å². The molecule has 0 aliphatic carbocycles. The third-order valence-corrected chi connectivity index (χ3v) is 6.95. The molecule has 41 heavy (non-hydrogen) atoms. The van der Waals surface area contributed by atoms with E-state index in [2.05, 4.69) is 12.1 Å². The van der Waals surface area contributed by atoms with E-state index in [1.165, 1.54) is 17.7 Å². The number of methoxy groups -OCH3 is 2. The van der Waals surface area contributed by atoms with Crippen molar-refractivity contribution < 1.29 is 28.9 Å². The highest BCUT2D eigenvalue weighted by molar-refractivity contribution is 6.31. The Balaban J connectivity index is 1.55. The fourth-order valence-corrected chi connectivity index (χ4v) is 4.70. The van der Waals surface area contributed by atoms with Gasteiger partial charge in [-0.15, -0.1) is 0 Å². The molecule has 0 bridgehead atoms. The Kier molecular flexibility index (Phi) is 9.87. The molecule has 0 unspecified atom stereocenters. The lowest BCUT2D eigenvalue weighted by atomic mass is 10.1. The number of halogens is 1. The number of amides is 1. The molecule has 0 aliphatic rings. The Morgan fingerprint density at radius 1 is 0.829 bits per heavy atom. The van der Waals surface area contributed by atoms with Gasteiger partial charge in [-0.25, -0.2) is 4.79 Å². The summed E-state index contributed by atoms with van der Waals surface area (Å²) in [5.74, 6) is 0.557. The van der Waals surface area contributed by atoms with Gasteiger partial charge in [0.1, 0.15) is 28.6 Å². The number of carbonyl (C=O) groups excluding carboxylic acids is 1. The van der Waals surface area contributed by atoms with Crippen LogP contribution in [0, 0.1) is 6.92 Å². The summed E-state index contributed by atoms with van der Waals surface area (Å²) in [6.07, 6.45) is 1.62. The van der Waals surface area contributed by atoms with Crippen molar-refractivity contribution in [2.24, 2.45) is 0 Å². The number of carboxylic acid groups (broad SMARTS) is 1. The third kappa shape index (κ3) is 7.58. The number of aryl methyl sites for hydroxylation is 1. The van der Waals surface area contributed by atoms with E-state index in [-0.39, 0.29) is 17.2 Å². The summed E-state index contributed by atoms with van der Waals surface area (Å²) in [6.45, 7) is 2.79. The molecule has 212 valence electrons. The number of aromatic carboxylic acids is 1. The normalized spacial score (nSPS) is 10.6. The van der Waals surface area contributed by atoms with Crippen LogP contribution in [0.2, 0.25) is 5.02 Å². The van der Waals surface area contributed by atoms with Crippen molar-refractivity contribution in [2.45, 2.75) is 26.3 Å². The summed E-state index contributed by atoms with van der Waals surface area (Å²) in [5, 5.41) is 9.80. The van der Waals surface area contributed by atoms with Crippen LogP contribution >= 0.6 is 11.6 Å². The molecule has 7 nitrogen and oxygen atoms in total. The van der Waals surface area contributed by atoms with Crippen LogP contribution in [0.4, 0.5) is 0 Å². The molecule has 1 N–H and O–H groups in total. The van der Waals surface area contributed by atoms with Gasteiger partial charge in [-0.1, -0.05) is 54.1 Å². The van der Waals surface area contributed by atoms with Crippen molar-refractivity contribution in [3.8, 4) is 23.0 Å². The Labute approximate surface area is 244 Å². The summed E-state index contributed by atoms with van der Waals surface area (Å²) in [5.41, 5.74) is 3.38. The highest BCUT2D eigenvalue weighted by atomic mass is 35.5. The second-order valence-electron chi connectivity index (χ2n) is 9.51. The van der Waals surface area contributed by atoms with E-state index >= 15 is 0 Å². The number of nitrogens with zero attached hydrogens (tertiary/aromatic N) is 1. The first kappa shape index (κ1) is 29.5. The maximum Gasteiger partial charge on any atom is 0.339 e. The standard InChI is InChI=1S/C33H32ClNO6/c1-22-30(39-2)18-25(19-31(22)40-3)32(36)35(17-7-10-23-8-5-4-6-9-23)21-24-11-14-27(15-12-24)41-29-16-13-26(34)20-28(29)33(37)38/h4-6,8-9,11-16,18-20H,7,10,17,21H2,1-3H3,(H,37,38). The number of carboxylic acids is 1. The van der Waals surface area contributed by atoms with Crippen LogP contribution in [-0.2, 0) is 13.0 Å². The molecule has 0 saturated carbocycles. The van der Waals surface area contributed by atoms with Crippen LogP contribution in [-0.4, -0.2) is 42.6 Å². The smallest absolute Gasteiger partial charge is 0.339 e. The molecule has 0 radical (unpaired) electrons. The van der Waals surface area contributed by atoms with Crippen LogP contribution in [0.25, 0.3) is 0 Å². The molecule has 0 aliphatic heterocycles. The van der Waals surface area contributed by atoms with Gasteiger partial charge in [0.15, 0.2) is 0 Å². The first-order chi connectivity index (χ1) is 19.8. The minimum absolute atomic E-state index is 0.0271. The minimum atomic E-state index is -1.13. The van der Waals surface area contributed by atoms with E-state index in [1.807, 2.05) is 42.2 Å². The first-order valence-electron chi connectivity index (χ1n) is 13.1. The van der Waals surface area contributed by atoms with E-state index in [0.29, 0.717) is 40.9 Å². The van der Waals surface area contributed by atoms with E-state index in [4.69, 9.17) is 25.8 Å². The molecule has 4 aromatic rings.